The normalized spacial score (nSPS) is 18.0. The molecule has 6 heteroatoms. The quantitative estimate of drug-likeness (QED) is 0.662. The van der Waals surface area contributed by atoms with Gasteiger partial charge in [-0.15, -0.1) is 0 Å². The molecule has 1 aromatic carbocycles. The van der Waals surface area contributed by atoms with Crippen LogP contribution in [0, 0.1) is 12.8 Å². The van der Waals surface area contributed by atoms with Crippen LogP contribution in [0.5, 0.6) is 5.75 Å². The van der Waals surface area contributed by atoms with Crippen molar-refractivity contribution in [3.8, 4) is 5.75 Å². The lowest BCUT2D eigenvalue weighted by atomic mass is 9.91. The third kappa shape index (κ3) is 4.81. The van der Waals surface area contributed by atoms with E-state index >= 15 is 0 Å². The number of hydrogen-bond donors (Lipinski definition) is 0. The van der Waals surface area contributed by atoms with Gasteiger partial charge in [-0.05, 0) is 70.3 Å². The topological polar surface area (TPSA) is 58.8 Å². The average molecular weight is 398 g/mol. The van der Waals surface area contributed by atoms with E-state index in [1.54, 1.807) is 4.90 Å². The zero-order chi connectivity index (χ0) is 20.2. The lowest BCUT2D eigenvalue weighted by molar-refractivity contribution is -0.121. The maximum atomic E-state index is 12.5. The molecule has 0 atom stereocenters. The molecule has 3 heterocycles. The molecule has 0 unspecified atom stereocenters. The lowest BCUT2D eigenvalue weighted by Crippen LogP contribution is -2.38. The number of fused-ring (bicyclic) bond motifs is 1. The van der Waals surface area contributed by atoms with Gasteiger partial charge in [0.1, 0.15) is 17.2 Å². The maximum Gasteiger partial charge on any atom is 0.265 e. The summed E-state index contributed by atoms with van der Waals surface area (Å²) in [7, 11) is 2.21. The van der Waals surface area contributed by atoms with E-state index in [1.165, 1.54) is 44.3 Å². The summed E-state index contributed by atoms with van der Waals surface area (Å²) in [6.45, 7) is 4.82. The number of nitrogens with zero attached hydrogens (tertiary/aromatic N) is 3. The van der Waals surface area contributed by atoms with Crippen molar-refractivity contribution in [3.63, 3.8) is 0 Å². The smallest absolute Gasteiger partial charge is 0.265 e. The Morgan fingerprint density at radius 2 is 2.03 bits per heavy atom. The Kier molecular flexibility index (Phi) is 6.19. The number of ether oxygens (including phenoxy) is 1. The number of carbonyl (C=O) groups excluding carboxylic acids is 1. The molecule has 4 rings (SSSR count). The molecule has 1 fully saturated rings. The predicted molar refractivity (Wildman–Crippen MR) is 112 cm³/mol. The zero-order valence-corrected chi connectivity index (χ0v) is 17.5. The highest BCUT2D eigenvalue weighted by Crippen LogP contribution is 2.37. The van der Waals surface area contributed by atoms with Gasteiger partial charge in [0.15, 0.2) is 6.61 Å². The van der Waals surface area contributed by atoms with Crippen LogP contribution in [0.25, 0.3) is 0 Å². The highest BCUT2D eigenvalue weighted by molar-refractivity contribution is 5.98. The largest absolute Gasteiger partial charge is 0.481 e. The fourth-order valence-corrected chi connectivity index (χ4v) is 4.42. The van der Waals surface area contributed by atoms with Crippen molar-refractivity contribution in [3.05, 3.63) is 41.3 Å². The Bertz CT molecular complexity index is 840. The predicted octanol–water partition coefficient (Wildman–Crippen LogP) is 3.96. The summed E-state index contributed by atoms with van der Waals surface area (Å²) in [5.74, 6) is 2.44. The molecular weight excluding hydrogens is 366 g/mol. The Balaban J connectivity index is 1.37. The van der Waals surface area contributed by atoms with E-state index in [1.807, 2.05) is 25.1 Å². The number of unbranched alkanes of at least 4 members (excludes halogenated alkanes) is 1. The van der Waals surface area contributed by atoms with Crippen molar-refractivity contribution >= 4 is 11.6 Å². The number of amides is 1. The molecule has 0 saturated carbocycles. The van der Waals surface area contributed by atoms with Gasteiger partial charge < -0.3 is 14.2 Å². The van der Waals surface area contributed by atoms with Crippen molar-refractivity contribution in [2.75, 3.05) is 31.6 Å². The van der Waals surface area contributed by atoms with E-state index in [0.29, 0.717) is 6.54 Å². The van der Waals surface area contributed by atoms with Crippen molar-refractivity contribution < 1.29 is 14.1 Å². The van der Waals surface area contributed by atoms with Gasteiger partial charge in [0, 0.05) is 6.07 Å². The summed E-state index contributed by atoms with van der Waals surface area (Å²) in [6, 6.07) is 7.98. The number of aromatic nitrogens is 1. The van der Waals surface area contributed by atoms with Crippen LogP contribution in [0.4, 0.5) is 5.69 Å². The van der Waals surface area contributed by atoms with Crippen LogP contribution in [0.1, 0.15) is 49.1 Å². The average Bonchev–Trinajstić information content (AvgIpc) is 3.13. The van der Waals surface area contributed by atoms with Crippen molar-refractivity contribution in [2.24, 2.45) is 5.92 Å². The van der Waals surface area contributed by atoms with Crippen molar-refractivity contribution in [1.29, 1.82) is 0 Å². The van der Waals surface area contributed by atoms with E-state index in [-0.39, 0.29) is 12.5 Å². The Hall–Kier alpha value is -2.34. The van der Waals surface area contributed by atoms with Gasteiger partial charge in [-0.3, -0.25) is 9.69 Å². The fourth-order valence-electron chi connectivity index (χ4n) is 4.42. The van der Waals surface area contributed by atoms with E-state index in [0.717, 1.165) is 41.7 Å². The Morgan fingerprint density at radius 1 is 1.21 bits per heavy atom. The molecule has 156 valence electrons. The number of hydrogen-bond acceptors (Lipinski definition) is 5. The summed E-state index contributed by atoms with van der Waals surface area (Å²) in [5.41, 5.74) is 2.79. The maximum absolute atomic E-state index is 12.5. The van der Waals surface area contributed by atoms with Gasteiger partial charge in [0.25, 0.3) is 5.91 Å². The van der Waals surface area contributed by atoms with Gasteiger partial charge in [0.05, 0.1) is 12.2 Å². The van der Waals surface area contributed by atoms with E-state index < -0.39 is 0 Å². The van der Waals surface area contributed by atoms with E-state index in [9.17, 15) is 4.79 Å². The van der Waals surface area contributed by atoms with Crippen LogP contribution in [-0.4, -0.2) is 42.7 Å². The molecule has 0 spiro atoms. The van der Waals surface area contributed by atoms with Gasteiger partial charge in [-0.2, -0.15) is 0 Å². The summed E-state index contributed by atoms with van der Waals surface area (Å²) < 4.78 is 11.0. The summed E-state index contributed by atoms with van der Waals surface area (Å²) in [5, 5.41) is 4.04. The first-order valence-electron chi connectivity index (χ1n) is 10.8. The number of benzene rings is 1. The molecule has 2 aromatic rings. The minimum Gasteiger partial charge on any atom is -0.481 e. The third-order valence-electron chi connectivity index (χ3n) is 6.15. The Labute approximate surface area is 172 Å². The second-order valence-corrected chi connectivity index (χ2v) is 8.46. The fraction of sp³-hybridized carbons (Fsp3) is 0.565. The third-order valence-corrected chi connectivity index (χ3v) is 6.15. The first-order valence-corrected chi connectivity index (χ1v) is 10.8. The summed E-state index contributed by atoms with van der Waals surface area (Å²) >= 11 is 0. The number of anilines is 1. The summed E-state index contributed by atoms with van der Waals surface area (Å²) in [4.78, 5) is 16.7. The van der Waals surface area contributed by atoms with E-state index in [2.05, 4.69) is 23.2 Å². The number of carbonyl (C=O) groups is 1. The number of rotatable bonds is 7. The van der Waals surface area contributed by atoms with Crippen molar-refractivity contribution in [1.82, 2.24) is 10.1 Å². The zero-order valence-electron chi connectivity index (χ0n) is 17.5. The lowest BCUT2D eigenvalue weighted by Gasteiger charge is -2.30. The number of para-hydroxylation sites is 1. The highest BCUT2D eigenvalue weighted by Gasteiger charge is 2.28. The molecule has 2 aliphatic rings. The molecule has 0 aliphatic carbocycles. The van der Waals surface area contributed by atoms with Crippen LogP contribution >= 0.6 is 0 Å². The molecular formula is C23H31N3O3. The first-order chi connectivity index (χ1) is 14.1. The molecule has 29 heavy (non-hydrogen) atoms. The second-order valence-electron chi connectivity index (χ2n) is 8.46. The van der Waals surface area contributed by atoms with Crippen molar-refractivity contribution in [2.45, 2.75) is 52.0 Å². The van der Waals surface area contributed by atoms with Crippen LogP contribution < -0.4 is 9.64 Å². The molecule has 1 amide bonds. The monoisotopic (exact) mass is 397 g/mol. The molecule has 6 nitrogen and oxygen atoms in total. The molecule has 2 aliphatic heterocycles. The molecule has 1 saturated heterocycles. The first kappa shape index (κ1) is 20.0. The highest BCUT2D eigenvalue weighted by atomic mass is 16.5. The Morgan fingerprint density at radius 3 is 2.79 bits per heavy atom. The minimum absolute atomic E-state index is 0.0439. The van der Waals surface area contributed by atoms with Gasteiger partial charge >= 0.3 is 0 Å². The van der Waals surface area contributed by atoms with Crippen LogP contribution in [0.3, 0.4) is 0 Å². The molecule has 1 aromatic heterocycles. The minimum atomic E-state index is -0.0439. The SMILES string of the molecule is Cc1cc(CN2C(=O)COc3c(CCCCC4CCN(C)CC4)cccc32)no1. The van der Waals surface area contributed by atoms with Crippen LogP contribution in [0.2, 0.25) is 0 Å². The van der Waals surface area contributed by atoms with Crippen LogP contribution in [-0.2, 0) is 17.8 Å². The van der Waals surface area contributed by atoms with Gasteiger partial charge in [-0.1, -0.05) is 30.1 Å². The summed E-state index contributed by atoms with van der Waals surface area (Å²) in [6.07, 6.45) is 7.38. The number of likely N-dealkylation sites (tertiary alicyclic amines) is 1. The standard InChI is InChI=1S/C23H31N3O3/c1-17-14-20(24-29-17)15-26-21-9-5-8-19(23(21)28-16-22(26)27)7-4-3-6-18-10-12-25(2)13-11-18/h5,8-9,14,18H,3-4,6-7,10-13,15-16H2,1-2H3. The van der Waals surface area contributed by atoms with E-state index in [4.69, 9.17) is 9.26 Å². The molecule has 0 radical (unpaired) electrons. The molecule has 0 bridgehead atoms. The second kappa shape index (κ2) is 8.99. The number of piperidine rings is 1. The van der Waals surface area contributed by atoms with Gasteiger partial charge in [-0.25, -0.2) is 0 Å². The van der Waals surface area contributed by atoms with Crippen LogP contribution in [0.15, 0.2) is 28.8 Å². The number of aryl methyl sites for hydroxylation is 2. The molecule has 0 N–H and O–H groups in total. The van der Waals surface area contributed by atoms with Gasteiger partial charge in [0.2, 0.25) is 0 Å².